The molecule has 3 rings (SSSR count). The van der Waals surface area contributed by atoms with Gasteiger partial charge in [0.15, 0.2) is 0 Å². The number of aryl methyl sites for hydroxylation is 1. The number of amides is 1. The van der Waals surface area contributed by atoms with Gasteiger partial charge in [0.05, 0.1) is 5.25 Å². The minimum absolute atomic E-state index is 0.0516. The molecule has 0 aliphatic carbocycles. The third kappa shape index (κ3) is 2.70. The van der Waals surface area contributed by atoms with Crippen LogP contribution in [0.4, 0.5) is 5.69 Å². The fourth-order valence-electron chi connectivity index (χ4n) is 2.70. The van der Waals surface area contributed by atoms with Crippen LogP contribution in [0.5, 0.6) is 0 Å². The lowest BCUT2D eigenvalue weighted by Gasteiger charge is -2.24. The minimum atomic E-state index is 0.0516. The van der Waals surface area contributed by atoms with E-state index in [0.717, 1.165) is 12.1 Å². The van der Waals surface area contributed by atoms with Gasteiger partial charge >= 0.3 is 0 Å². The number of carbonyl (C=O) groups is 1. The van der Waals surface area contributed by atoms with Gasteiger partial charge in [-0.2, -0.15) is 0 Å². The van der Waals surface area contributed by atoms with E-state index < -0.39 is 0 Å². The summed E-state index contributed by atoms with van der Waals surface area (Å²) >= 11 is 1.76. The van der Waals surface area contributed by atoms with Crippen molar-refractivity contribution >= 4 is 23.4 Å². The number of rotatable bonds is 3. The summed E-state index contributed by atoms with van der Waals surface area (Å²) in [7, 11) is 0. The van der Waals surface area contributed by atoms with Crippen LogP contribution in [0.2, 0.25) is 0 Å². The van der Waals surface area contributed by atoms with Gasteiger partial charge in [-0.1, -0.05) is 49.4 Å². The average Bonchev–Trinajstić information content (AvgIpc) is 2.85. The first-order chi connectivity index (χ1) is 10.2. The second-order valence-corrected chi connectivity index (χ2v) is 6.63. The standard InChI is InChI=1S/C18H19NOS/c1-3-16-17(20)19(15-11-7-8-13(2)12-15)18(21-16)14-9-5-4-6-10-14/h4-12,16,18H,3H2,1-2H3. The summed E-state index contributed by atoms with van der Waals surface area (Å²) < 4.78 is 0. The van der Waals surface area contributed by atoms with E-state index in [1.165, 1.54) is 11.1 Å². The molecular formula is C18H19NOS. The van der Waals surface area contributed by atoms with Crippen molar-refractivity contribution < 1.29 is 4.79 Å². The van der Waals surface area contributed by atoms with Crippen molar-refractivity contribution in [2.24, 2.45) is 0 Å². The Morgan fingerprint density at radius 1 is 1.10 bits per heavy atom. The first-order valence-corrected chi connectivity index (χ1v) is 8.25. The van der Waals surface area contributed by atoms with Crippen molar-refractivity contribution in [1.82, 2.24) is 0 Å². The van der Waals surface area contributed by atoms with Crippen LogP contribution in [-0.2, 0) is 4.79 Å². The highest BCUT2D eigenvalue weighted by atomic mass is 32.2. The molecule has 2 aromatic carbocycles. The van der Waals surface area contributed by atoms with E-state index in [9.17, 15) is 4.79 Å². The van der Waals surface area contributed by atoms with Crippen molar-refractivity contribution in [3.05, 3.63) is 65.7 Å². The third-order valence-corrected chi connectivity index (χ3v) is 5.38. The van der Waals surface area contributed by atoms with Crippen molar-refractivity contribution in [3.8, 4) is 0 Å². The molecular weight excluding hydrogens is 278 g/mol. The summed E-state index contributed by atoms with van der Waals surface area (Å²) in [5.41, 5.74) is 3.36. The summed E-state index contributed by atoms with van der Waals surface area (Å²) in [5.74, 6) is 0.224. The molecule has 0 saturated carbocycles. The molecule has 1 aliphatic rings. The molecule has 0 radical (unpaired) electrons. The van der Waals surface area contributed by atoms with Crippen LogP contribution >= 0.6 is 11.8 Å². The molecule has 1 saturated heterocycles. The lowest BCUT2D eigenvalue weighted by molar-refractivity contribution is -0.117. The largest absolute Gasteiger partial charge is 0.295 e. The molecule has 1 amide bonds. The molecule has 3 heteroatoms. The lowest BCUT2D eigenvalue weighted by atomic mass is 10.1. The van der Waals surface area contributed by atoms with Gasteiger partial charge in [-0.05, 0) is 36.6 Å². The Bertz CT molecular complexity index is 641. The summed E-state index contributed by atoms with van der Waals surface area (Å²) in [6.45, 7) is 4.14. The van der Waals surface area contributed by atoms with Crippen LogP contribution in [-0.4, -0.2) is 11.2 Å². The highest BCUT2D eigenvalue weighted by molar-refractivity contribution is 8.01. The topological polar surface area (TPSA) is 20.3 Å². The maximum atomic E-state index is 12.7. The number of hydrogen-bond acceptors (Lipinski definition) is 2. The first kappa shape index (κ1) is 14.2. The fourth-order valence-corrected chi connectivity index (χ4v) is 4.10. The molecule has 108 valence electrons. The molecule has 0 bridgehead atoms. The van der Waals surface area contributed by atoms with E-state index >= 15 is 0 Å². The van der Waals surface area contributed by atoms with Crippen molar-refractivity contribution in [3.63, 3.8) is 0 Å². The summed E-state index contributed by atoms with van der Waals surface area (Å²) in [5, 5.41) is 0.126. The van der Waals surface area contributed by atoms with E-state index in [1.807, 2.05) is 35.2 Å². The zero-order valence-electron chi connectivity index (χ0n) is 12.3. The van der Waals surface area contributed by atoms with Gasteiger partial charge < -0.3 is 0 Å². The number of benzene rings is 2. The van der Waals surface area contributed by atoms with Crippen LogP contribution in [0.25, 0.3) is 0 Å². The van der Waals surface area contributed by atoms with Gasteiger partial charge in [-0.3, -0.25) is 9.69 Å². The van der Waals surface area contributed by atoms with Crippen LogP contribution in [0.15, 0.2) is 54.6 Å². The van der Waals surface area contributed by atoms with Gasteiger partial charge in [0, 0.05) is 5.69 Å². The predicted octanol–water partition coefficient (Wildman–Crippen LogP) is 4.55. The Kier molecular flexibility index (Phi) is 4.02. The molecule has 2 nitrogen and oxygen atoms in total. The molecule has 0 aromatic heterocycles. The third-order valence-electron chi connectivity index (χ3n) is 3.78. The molecule has 1 fully saturated rings. The molecule has 0 spiro atoms. The number of hydrogen-bond donors (Lipinski definition) is 0. The average molecular weight is 297 g/mol. The van der Waals surface area contributed by atoms with Crippen molar-refractivity contribution in [2.45, 2.75) is 30.9 Å². The number of anilines is 1. The monoisotopic (exact) mass is 297 g/mol. The second-order valence-electron chi connectivity index (χ2n) is 5.34. The van der Waals surface area contributed by atoms with Crippen LogP contribution in [0.1, 0.15) is 29.8 Å². The second kappa shape index (κ2) is 5.94. The van der Waals surface area contributed by atoms with E-state index in [0.29, 0.717) is 0 Å². The molecule has 0 N–H and O–H groups in total. The highest BCUT2D eigenvalue weighted by Crippen LogP contribution is 2.46. The SMILES string of the molecule is CCC1SC(c2ccccc2)N(c2cccc(C)c2)C1=O. The molecule has 1 aliphatic heterocycles. The molecule has 2 unspecified atom stereocenters. The van der Waals surface area contributed by atoms with Crippen molar-refractivity contribution in [2.75, 3.05) is 4.90 Å². The molecule has 1 heterocycles. The Labute approximate surface area is 130 Å². The quantitative estimate of drug-likeness (QED) is 0.828. The van der Waals surface area contributed by atoms with Gasteiger partial charge in [0.2, 0.25) is 5.91 Å². The maximum absolute atomic E-state index is 12.7. The van der Waals surface area contributed by atoms with E-state index in [2.05, 4.69) is 38.1 Å². The van der Waals surface area contributed by atoms with Gasteiger partial charge in [0.25, 0.3) is 0 Å². The zero-order valence-corrected chi connectivity index (χ0v) is 13.1. The number of thioether (sulfide) groups is 1. The van der Waals surface area contributed by atoms with Crippen molar-refractivity contribution in [1.29, 1.82) is 0 Å². The molecule has 21 heavy (non-hydrogen) atoms. The lowest BCUT2D eigenvalue weighted by Crippen LogP contribution is -2.30. The van der Waals surface area contributed by atoms with E-state index in [-0.39, 0.29) is 16.5 Å². The first-order valence-electron chi connectivity index (χ1n) is 7.31. The van der Waals surface area contributed by atoms with Crippen LogP contribution in [0.3, 0.4) is 0 Å². The molecule has 2 atom stereocenters. The van der Waals surface area contributed by atoms with Gasteiger partial charge in [0.1, 0.15) is 5.37 Å². The minimum Gasteiger partial charge on any atom is -0.295 e. The molecule has 2 aromatic rings. The summed E-state index contributed by atoms with van der Waals surface area (Å²) in [4.78, 5) is 14.7. The predicted molar refractivity (Wildman–Crippen MR) is 89.5 cm³/mol. The summed E-state index contributed by atoms with van der Waals surface area (Å²) in [6.07, 6.45) is 0.870. The normalized spacial score (nSPS) is 21.8. The summed E-state index contributed by atoms with van der Waals surface area (Å²) in [6, 6.07) is 18.5. The highest BCUT2D eigenvalue weighted by Gasteiger charge is 2.40. The Morgan fingerprint density at radius 2 is 1.86 bits per heavy atom. The van der Waals surface area contributed by atoms with E-state index in [4.69, 9.17) is 0 Å². The zero-order chi connectivity index (χ0) is 14.8. The smallest absolute Gasteiger partial charge is 0.241 e. The maximum Gasteiger partial charge on any atom is 0.241 e. The Hall–Kier alpha value is -1.74. The fraction of sp³-hybridized carbons (Fsp3) is 0.278. The van der Waals surface area contributed by atoms with Crippen LogP contribution < -0.4 is 4.90 Å². The van der Waals surface area contributed by atoms with Gasteiger partial charge in [-0.25, -0.2) is 0 Å². The Balaban J connectivity index is 2.03. The Morgan fingerprint density at radius 3 is 2.52 bits per heavy atom. The van der Waals surface area contributed by atoms with E-state index in [1.54, 1.807) is 11.8 Å². The number of nitrogens with zero attached hydrogens (tertiary/aromatic N) is 1. The van der Waals surface area contributed by atoms with Gasteiger partial charge in [-0.15, -0.1) is 11.8 Å². The van der Waals surface area contributed by atoms with Crippen LogP contribution in [0, 0.1) is 6.92 Å². The number of carbonyl (C=O) groups excluding carboxylic acids is 1.